The predicted molar refractivity (Wildman–Crippen MR) is 129 cm³/mol. The molecule has 2 aromatic carbocycles. The van der Waals surface area contributed by atoms with Crippen LogP contribution in [0.5, 0.6) is 5.75 Å². The van der Waals surface area contributed by atoms with Crippen molar-refractivity contribution in [1.82, 2.24) is 9.88 Å². The van der Waals surface area contributed by atoms with Gasteiger partial charge in [-0.15, -0.1) is 24.8 Å². The van der Waals surface area contributed by atoms with E-state index in [4.69, 9.17) is 4.74 Å². The summed E-state index contributed by atoms with van der Waals surface area (Å²) in [5.74, 6) is 1.74. The van der Waals surface area contributed by atoms with Crippen molar-refractivity contribution in [2.45, 2.75) is 25.9 Å². The van der Waals surface area contributed by atoms with Crippen LogP contribution in [0.4, 0.5) is 0 Å². The zero-order valence-electron chi connectivity index (χ0n) is 17.6. The van der Waals surface area contributed by atoms with Gasteiger partial charge in [0.1, 0.15) is 12.4 Å². The fraction of sp³-hybridized carbons (Fsp3) is 0.320. The largest absolute Gasteiger partial charge is 0.489 e. The van der Waals surface area contributed by atoms with E-state index < -0.39 is 0 Å². The number of rotatable bonds is 6. The van der Waals surface area contributed by atoms with E-state index in [1.54, 1.807) is 6.20 Å². The highest BCUT2D eigenvalue weighted by atomic mass is 35.5. The summed E-state index contributed by atoms with van der Waals surface area (Å²) in [5.41, 5.74) is 6.44. The molecular formula is C25H30Cl2N2O. The van der Waals surface area contributed by atoms with Crippen molar-refractivity contribution in [2.24, 2.45) is 5.92 Å². The highest BCUT2D eigenvalue weighted by molar-refractivity contribution is 5.85. The van der Waals surface area contributed by atoms with Gasteiger partial charge in [0.05, 0.1) is 0 Å². The number of aromatic nitrogens is 1. The Morgan fingerprint density at radius 1 is 0.967 bits per heavy atom. The molecule has 1 heterocycles. The molecule has 30 heavy (non-hydrogen) atoms. The fourth-order valence-corrected chi connectivity index (χ4v) is 4.06. The lowest BCUT2D eigenvalue weighted by Crippen LogP contribution is -2.26. The topological polar surface area (TPSA) is 25.4 Å². The predicted octanol–water partition coefficient (Wildman–Crippen LogP) is 5.84. The maximum absolute atomic E-state index is 6.07. The number of fused-ring (bicyclic) bond motifs is 1. The third-order valence-electron chi connectivity index (χ3n) is 5.49. The molecule has 0 N–H and O–H groups in total. The molecule has 0 spiro atoms. The average Bonchev–Trinajstić information content (AvgIpc) is 2.73. The summed E-state index contributed by atoms with van der Waals surface area (Å²) in [5, 5.41) is 0. The van der Waals surface area contributed by atoms with Crippen LogP contribution in [0.25, 0.3) is 11.1 Å². The molecule has 1 aromatic heterocycles. The second-order valence-corrected chi connectivity index (χ2v) is 8.03. The first-order valence-electron chi connectivity index (χ1n) is 10.1. The Morgan fingerprint density at radius 2 is 1.77 bits per heavy atom. The molecule has 0 saturated heterocycles. The minimum atomic E-state index is 0. The fourth-order valence-electron chi connectivity index (χ4n) is 4.06. The van der Waals surface area contributed by atoms with Gasteiger partial charge in [-0.2, -0.15) is 0 Å². The van der Waals surface area contributed by atoms with Gasteiger partial charge >= 0.3 is 0 Å². The first-order valence-corrected chi connectivity index (χ1v) is 10.1. The Morgan fingerprint density at radius 3 is 2.47 bits per heavy atom. The number of aryl methyl sites for hydroxylation is 1. The van der Waals surface area contributed by atoms with Crippen LogP contribution in [-0.4, -0.2) is 30.5 Å². The number of hydrogen-bond acceptors (Lipinski definition) is 3. The smallest absolute Gasteiger partial charge is 0.120 e. The van der Waals surface area contributed by atoms with Crippen molar-refractivity contribution >= 4 is 24.8 Å². The van der Waals surface area contributed by atoms with Crippen LogP contribution in [0.3, 0.4) is 0 Å². The molecule has 0 bridgehead atoms. The second kappa shape index (κ2) is 11.4. The molecule has 1 aliphatic carbocycles. The Balaban J connectivity index is 0.00000160. The van der Waals surface area contributed by atoms with Gasteiger partial charge in [-0.1, -0.05) is 36.4 Å². The van der Waals surface area contributed by atoms with Crippen LogP contribution in [0.1, 0.15) is 23.1 Å². The van der Waals surface area contributed by atoms with Crippen LogP contribution in [0, 0.1) is 5.92 Å². The van der Waals surface area contributed by atoms with Crippen LogP contribution in [-0.2, 0) is 19.4 Å². The van der Waals surface area contributed by atoms with E-state index in [0.717, 1.165) is 23.7 Å². The van der Waals surface area contributed by atoms with Gasteiger partial charge in [-0.3, -0.25) is 4.98 Å². The molecule has 5 heteroatoms. The maximum atomic E-state index is 6.07. The van der Waals surface area contributed by atoms with E-state index in [2.05, 4.69) is 72.5 Å². The van der Waals surface area contributed by atoms with Gasteiger partial charge in [0.15, 0.2) is 0 Å². The molecule has 4 rings (SSSR count). The summed E-state index contributed by atoms with van der Waals surface area (Å²) in [4.78, 5) is 6.48. The molecule has 0 fully saturated rings. The summed E-state index contributed by atoms with van der Waals surface area (Å²) >= 11 is 0. The molecule has 1 atom stereocenters. The lowest BCUT2D eigenvalue weighted by Gasteiger charge is -2.27. The van der Waals surface area contributed by atoms with Crippen molar-refractivity contribution < 1.29 is 4.74 Å². The summed E-state index contributed by atoms with van der Waals surface area (Å²) in [6, 6.07) is 19.2. The Kier molecular flexibility index (Phi) is 9.16. The Labute approximate surface area is 192 Å². The van der Waals surface area contributed by atoms with Crippen LogP contribution >= 0.6 is 24.8 Å². The van der Waals surface area contributed by atoms with Gasteiger partial charge in [-0.25, -0.2) is 0 Å². The summed E-state index contributed by atoms with van der Waals surface area (Å²) in [6.07, 6.45) is 7.30. The molecule has 0 saturated carbocycles. The summed E-state index contributed by atoms with van der Waals surface area (Å²) < 4.78 is 6.07. The second-order valence-electron chi connectivity index (χ2n) is 8.03. The number of halogens is 2. The number of pyridine rings is 1. The molecular weight excluding hydrogens is 415 g/mol. The van der Waals surface area contributed by atoms with E-state index in [-0.39, 0.29) is 24.8 Å². The number of nitrogens with zero attached hydrogens (tertiary/aromatic N) is 2. The molecule has 0 amide bonds. The number of hydrogen-bond donors (Lipinski definition) is 0. The standard InChI is InChI=1S/C25H28N2O.2ClH/c1-27(2)17-20-7-10-23-15-25(12-11-22(23)14-20)28-18-19-5-8-21(9-6-19)24-4-3-13-26-16-24;;/h3-6,8-9,11-13,15-16,20H,7,10,14,17-18H2,1-2H3;2*1H. The normalized spacial score (nSPS) is 15.0. The third kappa shape index (κ3) is 6.21. The SMILES string of the molecule is CN(C)CC1CCc2cc(OCc3ccc(-c4cccnc4)cc3)ccc2C1.Cl.Cl. The Bertz CT molecular complexity index is 914. The van der Waals surface area contributed by atoms with E-state index in [1.165, 1.54) is 41.6 Å². The van der Waals surface area contributed by atoms with E-state index in [9.17, 15) is 0 Å². The number of benzene rings is 2. The van der Waals surface area contributed by atoms with Gasteiger partial charge < -0.3 is 9.64 Å². The zero-order valence-corrected chi connectivity index (χ0v) is 19.2. The summed E-state index contributed by atoms with van der Waals surface area (Å²) in [6.45, 7) is 1.77. The maximum Gasteiger partial charge on any atom is 0.120 e. The molecule has 3 nitrogen and oxygen atoms in total. The van der Waals surface area contributed by atoms with E-state index in [0.29, 0.717) is 6.61 Å². The molecule has 1 aliphatic rings. The average molecular weight is 445 g/mol. The minimum absolute atomic E-state index is 0. The Hall–Kier alpha value is -2.07. The van der Waals surface area contributed by atoms with Gasteiger partial charge in [0, 0.05) is 18.9 Å². The summed E-state index contributed by atoms with van der Waals surface area (Å²) in [7, 11) is 4.32. The van der Waals surface area contributed by atoms with Gasteiger partial charge in [0.2, 0.25) is 0 Å². The molecule has 0 radical (unpaired) electrons. The highest BCUT2D eigenvalue weighted by Crippen LogP contribution is 2.29. The minimum Gasteiger partial charge on any atom is -0.489 e. The third-order valence-corrected chi connectivity index (χ3v) is 5.49. The zero-order chi connectivity index (χ0) is 19.3. The van der Waals surface area contributed by atoms with Gasteiger partial charge in [-0.05, 0) is 85.3 Å². The molecule has 1 unspecified atom stereocenters. The first-order chi connectivity index (χ1) is 13.7. The van der Waals surface area contributed by atoms with Crippen LogP contribution in [0.2, 0.25) is 0 Å². The van der Waals surface area contributed by atoms with Crippen molar-refractivity contribution in [3.63, 3.8) is 0 Å². The van der Waals surface area contributed by atoms with Gasteiger partial charge in [0.25, 0.3) is 0 Å². The first kappa shape index (κ1) is 24.2. The van der Waals surface area contributed by atoms with Crippen molar-refractivity contribution in [1.29, 1.82) is 0 Å². The molecule has 0 aliphatic heterocycles. The molecule has 3 aromatic rings. The highest BCUT2D eigenvalue weighted by Gasteiger charge is 2.19. The van der Waals surface area contributed by atoms with E-state index >= 15 is 0 Å². The number of ether oxygens (including phenoxy) is 1. The monoisotopic (exact) mass is 444 g/mol. The quantitative estimate of drug-likeness (QED) is 0.477. The van der Waals surface area contributed by atoms with Crippen molar-refractivity contribution in [3.05, 3.63) is 83.7 Å². The lowest BCUT2D eigenvalue weighted by molar-refractivity contribution is 0.297. The molecule has 160 valence electrons. The van der Waals surface area contributed by atoms with Crippen molar-refractivity contribution in [3.8, 4) is 16.9 Å². The lowest BCUT2D eigenvalue weighted by atomic mass is 9.83. The van der Waals surface area contributed by atoms with E-state index in [1.807, 2.05) is 12.3 Å². The van der Waals surface area contributed by atoms with Crippen LogP contribution in [0.15, 0.2) is 67.0 Å². The van der Waals surface area contributed by atoms with Crippen molar-refractivity contribution in [2.75, 3.05) is 20.6 Å². The van der Waals surface area contributed by atoms with Crippen LogP contribution < -0.4 is 4.74 Å².